The molecule has 0 heterocycles. The first-order valence-electron chi connectivity index (χ1n) is 6.69. The number of anilines is 1. The average Bonchev–Trinajstić information content (AvgIpc) is 2.93. The first-order chi connectivity index (χ1) is 9.63. The molecule has 6 heteroatoms. The van der Waals surface area contributed by atoms with Gasteiger partial charge >= 0.3 is 0 Å². The zero-order valence-corrected chi connectivity index (χ0v) is 12.3. The maximum Gasteiger partial charge on any atom is 0.271 e. The van der Waals surface area contributed by atoms with E-state index in [1.807, 2.05) is 6.26 Å². The van der Waals surface area contributed by atoms with Gasteiger partial charge in [-0.2, -0.15) is 11.8 Å². The zero-order chi connectivity index (χ0) is 14.5. The molecule has 1 saturated carbocycles. The fraction of sp³-hybridized carbons (Fsp3) is 0.500. The van der Waals surface area contributed by atoms with Crippen molar-refractivity contribution in [2.24, 2.45) is 0 Å². The molecule has 2 rings (SSSR count). The number of benzene rings is 1. The summed E-state index contributed by atoms with van der Waals surface area (Å²) in [5.41, 5.74) is 0.674. The number of nitro groups is 1. The summed E-state index contributed by atoms with van der Waals surface area (Å²) in [5.74, 6) is 0.434. The summed E-state index contributed by atoms with van der Waals surface area (Å²) in [6.07, 6.45) is 6.06. The van der Waals surface area contributed by atoms with Crippen LogP contribution in [0.3, 0.4) is 0 Å². The number of carbonyl (C=O) groups excluding carboxylic acids is 1. The van der Waals surface area contributed by atoms with Crippen molar-refractivity contribution in [3.05, 3.63) is 34.4 Å². The molecular formula is C14H18N2O3S. The van der Waals surface area contributed by atoms with Gasteiger partial charge in [0.1, 0.15) is 0 Å². The highest BCUT2D eigenvalue weighted by Crippen LogP contribution is 2.30. The maximum absolute atomic E-state index is 12.3. The topological polar surface area (TPSA) is 63.5 Å². The number of thioether (sulfide) groups is 1. The first kappa shape index (κ1) is 14.8. The van der Waals surface area contributed by atoms with Crippen LogP contribution < -0.4 is 4.90 Å². The first-order valence-corrected chi connectivity index (χ1v) is 8.08. The van der Waals surface area contributed by atoms with Crippen LogP contribution in [-0.2, 0) is 4.79 Å². The molecule has 0 spiro atoms. The third kappa shape index (κ3) is 3.30. The predicted molar refractivity (Wildman–Crippen MR) is 81.2 cm³/mol. The number of rotatable bonds is 5. The van der Waals surface area contributed by atoms with Gasteiger partial charge in [0.2, 0.25) is 5.91 Å². The van der Waals surface area contributed by atoms with Gasteiger partial charge in [-0.3, -0.25) is 14.9 Å². The molecule has 0 radical (unpaired) electrons. The van der Waals surface area contributed by atoms with Crippen LogP contribution >= 0.6 is 11.8 Å². The lowest BCUT2D eigenvalue weighted by atomic mass is 10.1. The molecule has 0 N–H and O–H groups in total. The van der Waals surface area contributed by atoms with Gasteiger partial charge in [-0.1, -0.05) is 18.9 Å². The lowest BCUT2D eigenvalue weighted by Gasteiger charge is -2.28. The lowest BCUT2D eigenvalue weighted by molar-refractivity contribution is -0.384. The molecule has 0 unspecified atom stereocenters. The van der Waals surface area contributed by atoms with Gasteiger partial charge in [-0.05, 0) is 25.2 Å². The SMILES string of the molecule is CSCC(=O)N(c1cccc([N+](=O)[O-])c1)C1CCCC1. The Labute approximate surface area is 122 Å². The summed E-state index contributed by atoms with van der Waals surface area (Å²) in [7, 11) is 0. The second kappa shape index (κ2) is 6.74. The highest BCUT2D eigenvalue weighted by Gasteiger charge is 2.28. The van der Waals surface area contributed by atoms with E-state index in [-0.39, 0.29) is 17.6 Å². The average molecular weight is 294 g/mol. The largest absolute Gasteiger partial charge is 0.308 e. The Kier molecular flexibility index (Phi) is 5.00. The molecule has 1 amide bonds. The third-order valence-electron chi connectivity index (χ3n) is 3.55. The molecular weight excluding hydrogens is 276 g/mol. The Morgan fingerprint density at radius 1 is 1.45 bits per heavy atom. The number of hydrogen-bond acceptors (Lipinski definition) is 4. The maximum atomic E-state index is 12.3. The molecule has 0 aromatic heterocycles. The Bertz CT molecular complexity index is 501. The van der Waals surface area contributed by atoms with Crippen LogP contribution in [0.1, 0.15) is 25.7 Å². The number of nitrogens with zero attached hydrogens (tertiary/aromatic N) is 2. The van der Waals surface area contributed by atoms with Gasteiger partial charge in [-0.25, -0.2) is 0 Å². The number of non-ortho nitro benzene ring substituents is 1. The summed E-state index contributed by atoms with van der Waals surface area (Å²) in [6.45, 7) is 0. The van der Waals surface area contributed by atoms with Gasteiger partial charge < -0.3 is 4.90 Å². The highest BCUT2D eigenvalue weighted by molar-refractivity contribution is 7.99. The molecule has 0 aliphatic heterocycles. The van der Waals surface area contributed by atoms with E-state index in [2.05, 4.69) is 0 Å². The molecule has 0 bridgehead atoms. The molecule has 1 fully saturated rings. The summed E-state index contributed by atoms with van der Waals surface area (Å²) in [6, 6.07) is 6.55. The van der Waals surface area contributed by atoms with E-state index in [0.717, 1.165) is 25.7 Å². The van der Waals surface area contributed by atoms with Crippen LogP contribution in [0.25, 0.3) is 0 Å². The highest BCUT2D eigenvalue weighted by atomic mass is 32.2. The number of nitro benzene ring substituents is 1. The van der Waals surface area contributed by atoms with Crippen LogP contribution in [0.15, 0.2) is 24.3 Å². The number of carbonyl (C=O) groups is 1. The Morgan fingerprint density at radius 2 is 2.15 bits per heavy atom. The summed E-state index contributed by atoms with van der Waals surface area (Å²) in [5, 5.41) is 10.9. The van der Waals surface area contributed by atoms with E-state index < -0.39 is 4.92 Å². The summed E-state index contributed by atoms with van der Waals surface area (Å²) < 4.78 is 0. The number of amides is 1. The monoisotopic (exact) mass is 294 g/mol. The Hall–Kier alpha value is -1.56. The molecule has 108 valence electrons. The van der Waals surface area contributed by atoms with Crippen molar-refractivity contribution in [1.82, 2.24) is 0 Å². The Balaban J connectivity index is 2.32. The van der Waals surface area contributed by atoms with Crippen LogP contribution in [-0.4, -0.2) is 28.9 Å². The predicted octanol–water partition coefficient (Wildman–Crippen LogP) is 3.23. The second-order valence-electron chi connectivity index (χ2n) is 4.91. The summed E-state index contributed by atoms with van der Waals surface area (Å²) >= 11 is 1.48. The van der Waals surface area contributed by atoms with Crippen molar-refractivity contribution in [2.45, 2.75) is 31.7 Å². The van der Waals surface area contributed by atoms with Crippen LogP contribution in [0.5, 0.6) is 0 Å². The molecule has 1 aliphatic carbocycles. The van der Waals surface area contributed by atoms with Gasteiger partial charge in [0.25, 0.3) is 5.69 Å². The minimum absolute atomic E-state index is 0.0300. The molecule has 20 heavy (non-hydrogen) atoms. The molecule has 1 aromatic carbocycles. The minimum atomic E-state index is -0.421. The van der Waals surface area contributed by atoms with Crippen LogP contribution in [0, 0.1) is 10.1 Å². The fourth-order valence-electron chi connectivity index (χ4n) is 2.67. The third-order valence-corrected chi connectivity index (χ3v) is 4.08. The quantitative estimate of drug-likeness (QED) is 0.618. The van der Waals surface area contributed by atoms with Crippen LogP contribution in [0.4, 0.5) is 11.4 Å². The van der Waals surface area contributed by atoms with Gasteiger partial charge in [0, 0.05) is 18.2 Å². The summed E-state index contributed by atoms with van der Waals surface area (Å²) in [4.78, 5) is 24.6. The van der Waals surface area contributed by atoms with Crippen molar-refractivity contribution in [1.29, 1.82) is 0 Å². The van der Waals surface area contributed by atoms with Gasteiger partial charge in [0.15, 0.2) is 0 Å². The van der Waals surface area contributed by atoms with Crippen molar-refractivity contribution in [3.63, 3.8) is 0 Å². The molecule has 0 saturated heterocycles. The van der Waals surface area contributed by atoms with E-state index in [1.165, 1.54) is 23.9 Å². The fourth-order valence-corrected chi connectivity index (χ4v) is 3.06. The van der Waals surface area contributed by atoms with E-state index in [0.29, 0.717) is 11.4 Å². The minimum Gasteiger partial charge on any atom is -0.308 e. The van der Waals surface area contributed by atoms with Crippen molar-refractivity contribution >= 4 is 29.0 Å². The molecule has 0 atom stereocenters. The van der Waals surface area contributed by atoms with Gasteiger partial charge in [0.05, 0.1) is 16.4 Å². The van der Waals surface area contributed by atoms with Crippen molar-refractivity contribution in [3.8, 4) is 0 Å². The molecule has 1 aromatic rings. The molecule has 5 nitrogen and oxygen atoms in total. The van der Waals surface area contributed by atoms with E-state index >= 15 is 0 Å². The smallest absolute Gasteiger partial charge is 0.271 e. The Morgan fingerprint density at radius 3 is 2.75 bits per heavy atom. The van der Waals surface area contributed by atoms with Crippen molar-refractivity contribution < 1.29 is 9.72 Å². The standard InChI is InChI=1S/C14H18N2O3S/c1-20-10-14(17)15(11-5-2-3-6-11)12-7-4-8-13(9-12)16(18)19/h4,7-9,11H,2-3,5-6,10H2,1H3. The van der Waals surface area contributed by atoms with Crippen LogP contribution in [0.2, 0.25) is 0 Å². The van der Waals surface area contributed by atoms with E-state index in [9.17, 15) is 14.9 Å². The van der Waals surface area contributed by atoms with E-state index in [1.54, 1.807) is 17.0 Å². The second-order valence-corrected chi connectivity index (χ2v) is 5.78. The molecule has 1 aliphatic rings. The lowest BCUT2D eigenvalue weighted by Crippen LogP contribution is -2.40. The van der Waals surface area contributed by atoms with Gasteiger partial charge in [-0.15, -0.1) is 0 Å². The van der Waals surface area contributed by atoms with E-state index in [4.69, 9.17) is 0 Å². The number of hydrogen-bond donors (Lipinski definition) is 0. The zero-order valence-electron chi connectivity index (χ0n) is 11.4. The normalized spacial score (nSPS) is 15.2. The van der Waals surface area contributed by atoms with Crippen molar-refractivity contribution in [2.75, 3.05) is 16.9 Å².